The number of anilines is 1. The van der Waals surface area contributed by atoms with Gasteiger partial charge in [0.05, 0.1) is 16.8 Å². The van der Waals surface area contributed by atoms with E-state index in [4.69, 9.17) is 11.6 Å². The maximum absolute atomic E-state index is 12.6. The van der Waals surface area contributed by atoms with Crippen LogP contribution in [0.5, 0.6) is 0 Å². The average molecular weight is 510 g/mol. The van der Waals surface area contributed by atoms with Crippen LogP contribution in [0.15, 0.2) is 30.5 Å². The van der Waals surface area contributed by atoms with Gasteiger partial charge in [-0.1, -0.05) is 11.6 Å². The molecule has 3 amide bonds. The van der Waals surface area contributed by atoms with Crippen LogP contribution in [-0.4, -0.2) is 66.0 Å². The van der Waals surface area contributed by atoms with Crippen molar-refractivity contribution < 1.29 is 9.59 Å². The molecule has 3 aliphatic heterocycles. The number of urea groups is 1. The van der Waals surface area contributed by atoms with Gasteiger partial charge in [0.1, 0.15) is 0 Å². The Morgan fingerprint density at radius 1 is 1.17 bits per heavy atom. The van der Waals surface area contributed by atoms with Gasteiger partial charge in [-0.15, -0.1) is 11.3 Å². The van der Waals surface area contributed by atoms with Gasteiger partial charge in [0.15, 0.2) is 0 Å². The fourth-order valence-corrected chi connectivity index (χ4v) is 6.98. The van der Waals surface area contributed by atoms with E-state index in [2.05, 4.69) is 33.4 Å². The Balaban J connectivity index is 1.43. The van der Waals surface area contributed by atoms with Gasteiger partial charge in [-0.2, -0.15) is 0 Å². The van der Waals surface area contributed by atoms with Crippen LogP contribution in [0.4, 0.5) is 10.5 Å². The Hall–Kier alpha value is -2.68. The summed E-state index contributed by atoms with van der Waals surface area (Å²) in [5.74, 6) is -0.122. The minimum absolute atomic E-state index is 0.122. The summed E-state index contributed by atoms with van der Waals surface area (Å²) in [5.41, 5.74) is 5.73. The number of fused-ring (bicyclic) bond motifs is 2. The SMILES string of the molecule is CN1CCC(=O)N(Cc2cc3nccc(-c4cc(Cl)cc5c4N([C@H]4CCNC4)CCC5)c3s2)C1=O. The Morgan fingerprint density at radius 2 is 2.06 bits per heavy atom. The summed E-state index contributed by atoms with van der Waals surface area (Å²) in [5, 5.41) is 4.26. The minimum Gasteiger partial charge on any atom is -0.366 e. The predicted molar refractivity (Wildman–Crippen MR) is 140 cm³/mol. The van der Waals surface area contributed by atoms with E-state index in [1.807, 2.05) is 12.3 Å². The second-order valence-corrected chi connectivity index (χ2v) is 11.2. The average Bonchev–Trinajstić information content (AvgIpc) is 3.53. The Kier molecular flexibility index (Phi) is 5.90. The van der Waals surface area contributed by atoms with Gasteiger partial charge in [0.25, 0.3) is 0 Å². The number of aryl methyl sites for hydroxylation is 1. The molecule has 6 rings (SSSR count). The quantitative estimate of drug-likeness (QED) is 0.560. The Morgan fingerprint density at radius 3 is 2.89 bits per heavy atom. The summed E-state index contributed by atoms with van der Waals surface area (Å²) < 4.78 is 1.06. The van der Waals surface area contributed by atoms with Gasteiger partial charge < -0.3 is 15.1 Å². The number of nitrogens with one attached hydrogen (secondary N) is 1. The smallest absolute Gasteiger partial charge is 0.326 e. The number of benzene rings is 1. The van der Waals surface area contributed by atoms with E-state index in [1.54, 1.807) is 23.3 Å². The largest absolute Gasteiger partial charge is 0.366 e. The molecule has 2 fully saturated rings. The van der Waals surface area contributed by atoms with Crippen LogP contribution in [0.1, 0.15) is 29.7 Å². The van der Waals surface area contributed by atoms with Crippen LogP contribution < -0.4 is 10.2 Å². The first-order valence-electron chi connectivity index (χ1n) is 12.2. The number of rotatable bonds is 4. The van der Waals surface area contributed by atoms with Crippen molar-refractivity contribution in [2.75, 3.05) is 38.1 Å². The topological polar surface area (TPSA) is 68.8 Å². The van der Waals surface area contributed by atoms with Crippen molar-refractivity contribution in [3.8, 4) is 11.1 Å². The van der Waals surface area contributed by atoms with Crippen molar-refractivity contribution in [1.29, 1.82) is 0 Å². The molecule has 1 atom stereocenters. The van der Waals surface area contributed by atoms with Crippen molar-refractivity contribution in [3.63, 3.8) is 0 Å². The number of carbonyl (C=O) groups excluding carboxylic acids is 2. The van der Waals surface area contributed by atoms with E-state index < -0.39 is 0 Å². The van der Waals surface area contributed by atoms with Crippen molar-refractivity contribution >= 4 is 50.8 Å². The number of nitrogens with zero attached hydrogens (tertiary/aromatic N) is 4. The van der Waals surface area contributed by atoms with Crippen LogP contribution in [0.2, 0.25) is 5.02 Å². The van der Waals surface area contributed by atoms with Crippen molar-refractivity contribution in [2.45, 2.75) is 38.3 Å². The highest BCUT2D eigenvalue weighted by Gasteiger charge is 2.32. The monoisotopic (exact) mass is 509 g/mol. The van der Waals surface area contributed by atoms with Crippen molar-refractivity contribution in [3.05, 3.63) is 45.9 Å². The molecule has 0 aliphatic carbocycles. The number of thiophene rings is 1. The molecular weight excluding hydrogens is 482 g/mol. The third kappa shape index (κ3) is 4.07. The van der Waals surface area contributed by atoms with Gasteiger partial charge in [-0.25, -0.2) is 4.79 Å². The number of hydrogen-bond acceptors (Lipinski definition) is 6. The first-order valence-corrected chi connectivity index (χ1v) is 13.4. The molecule has 0 saturated carbocycles. The highest BCUT2D eigenvalue weighted by Crippen LogP contribution is 2.44. The van der Waals surface area contributed by atoms with E-state index in [0.29, 0.717) is 19.0 Å². The lowest BCUT2D eigenvalue weighted by molar-refractivity contribution is -0.131. The van der Waals surface area contributed by atoms with E-state index in [9.17, 15) is 9.59 Å². The van der Waals surface area contributed by atoms with Gasteiger partial charge >= 0.3 is 6.03 Å². The molecule has 7 nitrogen and oxygen atoms in total. The second kappa shape index (κ2) is 9.08. The molecule has 9 heteroatoms. The van der Waals surface area contributed by atoms with Gasteiger partial charge in [0, 0.05) is 72.1 Å². The number of aromatic nitrogens is 1. The molecule has 1 N–H and O–H groups in total. The lowest BCUT2D eigenvalue weighted by Crippen LogP contribution is -2.49. The first-order chi connectivity index (χ1) is 17.0. The summed E-state index contributed by atoms with van der Waals surface area (Å²) >= 11 is 8.25. The Labute approximate surface area is 213 Å². The van der Waals surface area contributed by atoms with Crippen LogP contribution in [0.3, 0.4) is 0 Å². The van der Waals surface area contributed by atoms with Gasteiger partial charge in [-0.3, -0.25) is 14.7 Å². The minimum atomic E-state index is -0.239. The van der Waals surface area contributed by atoms with Crippen LogP contribution in [0.25, 0.3) is 21.3 Å². The van der Waals surface area contributed by atoms with E-state index in [-0.39, 0.29) is 18.5 Å². The second-order valence-electron chi connectivity index (χ2n) is 9.62. The summed E-state index contributed by atoms with van der Waals surface area (Å²) in [4.78, 5) is 36.2. The van der Waals surface area contributed by atoms with E-state index in [0.717, 1.165) is 70.1 Å². The number of imide groups is 1. The molecule has 0 spiro atoms. The lowest BCUT2D eigenvalue weighted by atomic mass is 9.92. The molecule has 0 radical (unpaired) electrons. The lowest BCUT2D eigenvalue weighted by Gasteiger charge is -2.38. The van der Waals surface area contributed by atoms with Crippen LogP contribution in [-0.2, 0) is 17.8 Å². The molecule has 35 heavy (non-hydrogen) atoms. The van der Waals surface area contributed by atoms with Crippen molar-refractivity contribution in [2.24, 2.45) is 0 Å². The molecular formula is C26H28ClN5O2S. The third-order valence-corrected chi connectivity index (χ3v) is 8.71. The normalized spacial score (nSPS) is 20.7. The maximum Gasteiger partial charge on any atom is 0.326 e. The van der Waals surface area contributed by atoms with Crippen molar-refractivity contribution in [1.82, 2.24) is 20.1 Å². The predicted octanol–water partition coefficient (Wildman–Crippen LogP) is 4.52. The maximum atomic E-state index is 12.6. The summed E-state index contributed by atoms with van der Waals surface area (Å²) in [7, 11) is 1.74. The third-order valence-electron chi connectivity index (χ3n) is 7.35. The zero-order chi connectivity index (χ0) is 24.1. The molecule has 1 aromatic carbocycles. The summed E-state index contributed by atoms with van der Waals surface area (Å²) in [6.45, 7) is 3.85. The highest BCUT2D eigenvalue weighted by atomic mass is 35.5. The Bertz CT molecular complexity index is 1320. The fourth-order valence-electron chi connectivity index (χ4n) is 5.61. The molecule has 0 unspecified atom stereocenters. The summed E-state index contributed by atoms with van der Waals surface area (Å²) in [6, 6.07) is 8.53. The van der Waals surface area contributed by atoms with Crippen LogP contribution >= 0.6 is 22.9 Å². The zero-order valence-corrected chi connectivity index (χ0v) is 21.3. The number of carbonyl (C=O) groups is 2. The summed E-state index contributed by atoms with van der Waals surface area (Å²) in [6.07, 6.45) is 5.50. The molecule has 5 heterocycles. The standard InChI is InChI=1S/C26H28ClN5O2S/c1-30-10-6-23(33)32(26(30)34)15-19-13-22-25(35-19)20(5-8-29-22)21-12-17(27)11-16-3-2-9-31(24(16)21)18-4-7-28-14-18/h5,8,11-13,18,28H,2-4,6-7,9-10,14-15H2,1H3/t18-/m0/s1. The molecule has 3 aromatic rings. The molecule has 0 bridgehead atoms. The van der Waals surface area contributed by atoms with E-state index >= 15 is 0 Å². The molecule has 2 saturated heterocycles. The number of halogens is 1. The number of pyridine rings is 1. The first kappa shape index (κ1) is 22.8. The highest BCUT2D eigenvalue weighted by molar-refractivity contribution is 7.19. The van der Waals surface area contributed by atoms with Gasteiger partial charge in [0.2, 0.25) is 5.91 Å². The fraction of sp³-hybridized carbons (Fsp3) is 0.423. The number of hydrogen-bond donors (Lipinski definition) is 1. The molecule has 2 aromatic heterocycles. The molecule has 3 aliphatic rings. The molecule has 182 valence electrons. The van der Waals surface area contributed by atoms with Gasteiger partial charge in [-0.05, 0) is 55.6 Å². The zero-order valence-electron chi connectivity index (χ0n) is 19.7. The number of amides is 3. The van der Waals surface area contributed by atoms with E-state index in [1.165, 1.54) is 16.2 Å². The van der Waals surface area contributed by atoms with Crippen LogP contribution in [0, 0.1) is 0 Å².